The van der Waals surface area contributed by atoms with E-state index in [9.17, 15) is 24.0 Å². The second-order valence-corrected chi connectivity index (χ2v) is 6.58. The Hall–Kier alpha value is -3.47. The van der Waals surface area contributed by atoms with Crippen molar-refractivity contribution in [2.24, 2.45) is 5.73 Å². The average Bonchev–Trinajstić information content (AvgIpc) is 2.70. The molecule has 0 radical (unpaired) electrons. The summed E-state index contributed by atoms with van der Waals surface area (Å²) in [6, 6.07) is 5.34. The first kappa shape index (κ1) is 24.6. The molecule has 0 aliphatic rings. The molecular formula is C19H26N4O7. The van der Waals surface area contributed by atoms with Gasteiger partial charge in [-0.05, 0) is 18.9 Å². The normalized spacial score (nSPS) is 13.4. The van der Waals surface area contributed by atoms with Crippen LogP contribution in [0.25, 0.3) is 0 Å². The SMILES string of the molecule is C[C@H](NC(=O)[C@@H](Cc1ccccc1)NC(=O)CN)C(=O)N[C@@H](CCC(=O)O)C(=O)O. The van der Waals surface area contributed by atoms with Crippen molar-refractivity contribution in [1.29, 1.82) is 0 Å². The van der Waals surface area contributed by atoms with Gasteiger partial charge >= 0.3 is 11.9 Å². The third kappa shape index (κ3) is 8.69. The summed E-state index contributed by atoms with van der Waals surface area (Å²) in [5.41, 5.74) is 6.06. The van der Waals surface area contributed by atoms with Crippen LogP contribution in [-0.4, -0.2) is 64.5 Å². The van der Waals surface area contributed by atoms with E-state index in [1.807, 2.05) is 0 Å². The number of carbonyl (C=O) groups is 5. The van der Waals surface area contributed by atoms with Gasteiger partial charge in [0.25, 0.3) is 0 Å². The van der Waals surface area contributed by atoms with Gasteiger partial charge in [-0.1, -0.05) is 30.3 Å². The van der Waals surface area contributed by atoms with Gasteiger partial charge in [-0.2, -0.15) is 0 Å². The topological polar surface area (TPSA) is 188 Å². The second kappa shape index (κ2) is 12.2. The average molecular weight is 422 g/mol. The first-order valence-electron chi connectivity index (χ1n) is 9.22. The molecule has 0 aliphatic carbocycles. The summed E-state index contributed by atoms with van der Waals surface area (Å²) < 4.78 is 0. The summed E-state index contributed by atoms with van der Waals surface area (Å²) in [6.07, 6.45) is -0.592. The molecule has 11 nitrogen and oxygen atoms in total. The lowest BCUT2D eigenvalue weighted by Gasteiger charge is -2.22. The summed E-state index contributed by atoms with van der Waals surface area (Å²) in [5, 5.41) is 24.9. The number of nitrogens with one attached hydrogen (secondary N) is 3. The van der Waals surface area contributed by atoms with Crippen LogP contribution in [0.1, 0.15) is 25.3 Å². The van der Waals surface area contributed by atoms with Gasteiger partial charge in [-0.3, -0.25) is 19.2 Å². The lowest BCUT2D eigenvalue weighted by atomic mass is 10.0. The van der Waals surface area contributed by atoms with Crippen LogP contribution in [0.3, 0.4) is 0 Å². The molecule has 0 spiro atoms. The molecule has 1 aromatic rings. The lowest BCUT2D eigenvalue weighted by Crippen LogP contribution is -2.55. The van der Waals surface area contributed by atoms with Crippen LogP contribution < -0.4 is 21.7 Å². The third-order valence-electron chi connectivity index (χ3n) is 4.13. The zero-order valence-corrected chi connectivity index (χ0v) is 16.5. The maximum Gasteiger partial charge on any atom is 0.326 e. The quantitative estimate of drug-likeness (QED) is 0.237. The second-order valence-electron chi connectivity index (χ2n) is 6.58. The largest absolute Gasteiger partial charge is 0.481 e. The van der Waals surface area contributed by atoms with Gasteiger partial charge in [0.15, 0.2) is 0 Å². The lowest BCUT2D eigenvalue weighted by molar-refractivity contribution is -0.143. The van der Waals surface area contributed by atoms with Gasteiger partial charge in [0.05, 0.1) is 6.54 Å². The molecule has 0 bridgehead atoms. The Balaban J connectivity index is 2.77. The molecule has 164 valence electrons. The first-order valence-corrected chi connectivity index (χ1v) is 9.22. The molecule has 0 aromatic heterocycles. The molecule has 3 amide bonds. The van der Waals surface area contributed by atoms with Crippen molar-refractivity contribution in [1.82, 2.24) is 16.0 Å². The zero-order valence-electron chi connectivity index (χ0n) is 16.5. The van der Waals surface area contributed by atoms with E-state index in [0.29, 0.717) is 0 Å². The minimum Gasteiger partial charge on any atom is -0.481 e. The molecule has 0 aliphatic heterocycles. The Bertz CT molecular complexity index is 769. The molecule has 11 heteroatoms. The summed E-state index contributed by atoms with van der Waals surface area (Å²) in [5.74, 6) is -4.59. The molecule has 0 fully saturated rings. The van der Waals surface area contributed by atoms with E-state index in [-0.39, 0.29) is 19.4 Å². The van der Waals surface area contributed by atoms with E-state index >= 15 is 0 Å². The fourth-order valence-corrected chi connectivity index (χ4v) is 2.51. The molecule has 0 saturated heterocycles. The van der Waals surface area contributed by atoms with Crippen molar-refractivity contribution >= 4 is 29.7 Å². The van der Waals surface area contributed by atoms with Crippen LogP contribution in [0.4, 0.5) is 0 Å². The van der Waals surface area contributed by atoms with Crippen molar-refractivity contribution in [3.05, 3.63) is 35.9 Å². The van der Waals surface area contributed by atoms with Gasteiger partial charge in [0.2, 0.25) is 17.7 Å². The molecule has 3 atom stereocenters. The van der Waals surface area contributed by atoms with Crippen LogP contribution in [0.5, 0.6) is 0 Å². The number of rotatable bonds is 12. The van der Waals surface area contributed by atoms with Crippen LogP contribution in [0.15, 0.2) is 30.3 Å². The Morgan fingerprint density at radius 3 is 2.10 bits per heavy atom. The highest BCUT2D eigenvalue weighted by Crippen LogP contribution is 2.04. The smallest absolute Gasteiger partial charge is 0.326 e. The van der Waals surface area contributed by atoms with Gasteiger partial charge in [-0.15, -0.1) is 0 Å². The number of hydrogen-bond donors (Lipinski definition) is 6. The number of carbonyl (C=O) groups excluding carboxylic acids is 3. The maximum absolute atomic E-state index is 12.6. The van der Waals surface area contributed by atoms with E-state index in [1.165, 1.54) is 6.92 Å². The van der Waals surface area contributed by atoms with Gasteiger partial charge in [0, 0.05) is 12.8 Å². The van der Waals surface area contributed by atoms with Crippen LogP contribution in [0, 0.1) is 0 Å². The van der Waals surface area contributed by atoms with Crippen molar-refractivity contribution < 1.29 is 34.2 Å². The fraction of sp³-hybridized carbons (Fsp3) is 0.421. The third-order valence-corrected chi connectivity index (χ3v) is 4.13. The number of hydrogen-bond acceptors (Lipinski definition) is 6. The van der Waals surface area contributed by atoms with Crippen molar-refractivity contribution in [3.8, 4) is 0 Å². The summed E-state index contributed by atoms with van der Waals surface area (Å²) >= 11 is 0. The van der Waals surface area contributed by atoms with E-state index in [0.717, 1.165) is 5.56 Å². The Kier molecular flexibility index (Phi) is 9.97. The monoisotopic (exact) mass is 422 g/mol. The highest BCUT2D eigenvalue weighted by Gasteiger charge is 2.27. The summed E-state index contributed by atoms with van der Waals surface area (Å²) in [6.45, 7) is 1.02. The van der Waals surface area contributed by atoms with Gasteiger partial charge in [-0.25, -0.2) is 4.79 Å². The predicted molar refractivity (Wildman–Crippen MR) is 105 cm³/mol. The van der Waals surface area contributed by atoms with Crippen LogP contribution in [-0.2, 0) is 30.4 Å². The molecule has 30 heavy (non-hydrogen) atoms. The molecule has 7 N–H and O–H groups in total. The number of nitrogens with two attached hydrogens (primary N) is 1. The van der Waals surface area contributed by atoms with Crippen molar-refractivity contribution in [3.63, 3.8) is 0 Å². The first-order chi connectivity index (χ1) is 14.1. The van der Waals surface area contributed by atoms with E-state index in [2.05, 4.69) is 16.0 Å². The molecule has 0 saturated carbocycles. The van der Waals surface area contributed by atoms with Crippen LogP contribution >= 0.6 is 0 Å². The molecule has 1 aromatic carbocycles. The van der Waals surface area contributed by atoms with Crippen LogP contribution in [0.2, 0.25) is 0 Å². The van der Waals surface area contributed by atoms with E-state index in [4.69, 9.17) is 15.9 Å². The van der Waals surface area contributed by atoms with Crippen molar-refractivity contribution in [2.75, 3.05) is 6.54 Å². The van der Waals surface area contributed by atoms with Gasteiger partial charge < -0.3 is 31.9 Å². The highest BCUT2D eigenvalue weighted by atomic mass is 16.4. The van der Waals surface area contributed by atoms with E-state index < -0.39 is 54.2 Å². The predicted octanol–water partition coefficient (Wildman–Crippen LogP) is -1.39. The number of carboxylic acid groups (broad SMARTS) is 2. The number of benzene rings is 1. The molecule has 0 heterocycles. The van der Waals surface area contributed by atoms with Gasteiger partial charge in [0.1, 0.15) is 18.1 Å². The molecule has 1 rings (SSSR count). The molecular weight excluding hydrogens is 396 g/mol. The van der Waals surface area contributed by atoms with Crippen molar-refractivity contribution in [2.45, 2.75) is 44.3 Å². The molecule has 0 unspecified atom stereocenters. The maximum atomic E-state index is 12.6. The zero-order chi connectivity index (χ0) is 22.7. The number of carboxylic acids is 2. The summed E-state index contributed by atoms with van der Waals surface area (Å²) in [4.78, 5) is 58.4. The Labute approximate surface area is 173 Å². The Morgan fingerprint density at radius 1 is 0.933 bits per heavy atom. The fourth-order valence-electron chi connectivity index (χ4n) is 2.51. The summed E-state index contributed by atoms with van der Waals surface area (Å²) in [7, 11) is 0. The standard InChI is InChI=1S/C19H26N4O7/c1-11(17(27)23-13(19(29)30)7-8-16(25)26)21-18(28)14(22-15(24)10-20)9-12-5-3-2-4-6-12/h2-6,11,13-14H,7-10,20H2,1H3,(H,21,28)(H,22,24)(H,23,27)(H,25,26)(H,29,30)/t11-,13-,14+/m0/s1. The Morgan fingerprint density at radius 2 is 1.57 bits per heavy atom. The number of aliphatic carboxylic acids is 2. The minimum atomic E-state index is -1.41. The minimum absolute atomic E-state index is 0.156. The van der Waals surface area contributed by atoms with E-state index in [1.54, 1.807) is 30.3 Å². The number of amides is 3. The highest BCUT2D eigenvalue weighted by molar-refractivity contribution is 5.93.